The fraction of sp³-hybridized carbons (Fsp3) is 0.529. The van der Waals surface area contributed by atoms with Crippen LogP contribution in [0.1, 0.15) is 25.3 Å². The number of carboxylic acid groups (broad SMARTS) is 1. The molecule has 2 rings (SSSR count). The van der Waals surface area contributed by atoms with Gasteiger partial charge in [-0.1, -0.05) is 25.1 Å². The molecular weight excluding hydrogens is 301 g/mol. The van der Waals surface area contributed by atoms with Crippen LogP contribution in [-0.2, 0) is 20.7 Å². The van der Waals surface area contributed by atoms with E-state index in [1.54, 1.807) is 25.1 Å². The van der Waals surface area contributed by atoms with Crippen molar-refractivity contribution in [2.24, 2.45) is 11.3 Å². The Morgan fingerprint density at radius 1 is 1.35 bits per heavy atom. The van der Waals surface area contributed by atoms with E-state index >= 15 is 0 Å². The molecule has 1 heterocycles. The fourth-order valence-electron chi connectivity index (χ4n) is 2.75. The first kappa shape index (κ1) is 17.4. The van der Waals surface area contributed by atoms with Crippen LogP contribution in [0.5, 0.6) is 0 Å². The van der Waals surface area contributed by atoms with Gasteiger partial charge in [-0.2, -0.15) is 0 Å². The van der Waals surface area contributed by atoms with E-state index in [1.807, 2.05) is 0 Å². The van der Waals surface area contributed by atoms with Crippen molar-refractivity contribution in [2.75, 3.05) is 19.8 Å². The predicted octanol–water partition coefficient (Wildman–Crippen LogP) is 2.00. The van der Waals surface area contributed by atoms with E-state index in [4.69, 9.17) is 4.74 Å². The molecule has 1 fully saturated rings. The maximum atomic E-state index is 13.6. The number of nitrogens with one attached hydrogen (secondary N) is 1. The lowest BCUT2D eigenvalue weighted by atomic mass is 9.80. The minimum atomic E-state index is -0.967. The molecule has 1 amide bonds. The van der Waals surface area contributed by atoms with E-state index in [0.29, 0.717) is 31.6 Å². The summed E-state index contributed by atoms with van der Waals surface area (Å²) in [7, 11) is 0. The van der Waals surface area contributed by atoms with Crippen molar-refractivity contribution in [3.05, 3.63) is 35.6 Å². The molecule has 0 aliphatic carbocycles. The van der Waals surface area contributed by atoms with Crippen molar-refractivity contribution in [1.82, 2.24) is 5.32 Å². The third-order valence-electron chi connectivity index (χ3n) is 4.44. The number of amides is 1. The van der Waals surface area contributed by atoms with E-state index in [2.05, 4.69) is 5.32 Å². The largest absolute Gasteiger partial charge is 0.481 e. The van der Waals surface area contributed by atoms with Crippen LogP contribution in [0, 0.1) is 17.2 Å². The van der Waals surface area contributed by atoms with E-state index in [-0.39, 0.29) is 24.7 Å². The first-order valence-corrected chi connectivity index (χ1v) is 7.77. The zero-order valence-corrected chi connectivity index (χ0v) is 13.2. The van der Waals surface area contributed by atoms with Crippen LogP contribution in [0.15, 0.2) is 24.3 Å². The highest BCUT2D eigenvalue weighted by molar-refractivity contribution is 5.80. The number of carbonyl (C=O) groups is 2. The van der Waals surface area contributed by atoms with Crippen LogP contribution in [0.2, 0.25) is 0 Å². The van der Waals surface area contributed by atoms with E-state index < -0.39 is 17.3 Å². The van der Waals surface area contributed by atoms with Gasteiger partial charge in [-0.25, -0.2) is 4.39 Å². The highest BCUT2D eigenvalue weighted by Gasteiger charge is 2.40. The lowest BCUT2D eigenvalue weighted by Gasteiger charge is -2.33. The Bertz CT molecular complexity index is 569. The molecule has 1 aliphatic heterocycles. The van der Waals surface area contributed by atoms with Gasteiger partial charge in [0.15, 0.2) is 0 Å². The number of halogens is 1. The molecule has 0 saturated carbocycles. The number of benzene rings is 1. The van der Waals surface area contributed by atoms with Crippen LogP contribution in [0.3, 0.4) is 0 Å². The third-order valence-corrected chi connectivity index (χ3v) is 4.44. The zero-order chi connectivity index (χ0) is 16.9. The van der Waals surface area contributed by atoms with Crippen LogP contribution >= 0.6 is 0 Å². The molecule has 126 valence electrons. The first-order chi connectivity index (χ1) is 10.9. The first-order valence-electron chi connectivity index (χ1n) is 7.77. The molecule has 1 saturated heterocycles. The van der Waals surface area contributed by atoms with Crippen LogP contribution in [0.25, 0.3) is 0 Å². The summed E-state index contributed by atoms with van der Waals surface area (Å²) in [5.74, 6) is -1.95. The van der Waals surface area contributed by atoms with Crippen molar-refractivity contribution >= 4 is 11.9 Å². The van der Waals surface area contributed by atoms with E-state index in [1.165, 1.54) is 6.07 Å². The van der Waals surface area contributed by atoms with E-state index in [9.17, 15) is 19.1 Å². The molecule has 6 heteroatoms. The Morgan fingerprint density at radius 3 is 2.61 bits per heavy atom. The lowest BCUT2D eigenvalue weighted by molar-refractivity contribution is -0.154. The molecule has 1 atom stereocenters. The molecule has 2 N–H and O–H groups in total. The number of rotatable bonds is 6. The smallest absolute Gasteiger partial charge is 0.311 e. The molecule has 0 radical (unpaired) electrons. The molecule has 0 spiro atoms. The Hall–Kier alpha value is -1.95. The second-order valence-electron chi connectivity index (χ2n) is 6.11. The summed E-state index contributed by atoms with van der Waals surface area (Å²) in [5.41, 5.74) is -0.486. The number of carbonyl (C=O) groups excluding carboxylic acids is 1. The predicted molar refractivity (Wildman–Crippen MR) is 82.4 cm³/mol. The number of ether oxygens (including phenoxy) is 1. The molecule has 1 aliphatic rings. The van der Waals surface area contributed by atoms with Crippen LogP contribution in [0.4, 0.5) is 4.39 Å². The summed E-state index contributed by atoms with van der Waals surface area (Å²) in [6.07, 6.45) is 1.04. The summed E-state index contributed by atoms with van der Waals surface area (Å²) >= 11 is 0. The molecule has 5 nitrogen and oxygen atoms in total. The highest BCUT2D eigenvalue weighted by Crippen LogP contribution is 2.30. The number of hydrogen-bond donors (Lipinski definition) is 2. The average Bonchev–Trinajstić information content (AvgIpc) is 2.55. The highest BCUT2D eigenvalue weighted by atomic mass is 19.1. The van der Waals surface area contributed by atoms with Gasteiger partial charge in [-0.15, -0.1) is 0 Å². The van der Waals surface area contributed by atoms with Gasteiger partial charge in [0.1, 0.15) is 5.82 Å². The van der Waals surface area contributed by atoms with Crippen molar-refractivity contribution in [1.29, 1.82) is 0 Å². The van der Waals surface area contributed by atoms with Crippen LogP contribution in [-0.4, -0.2) is 36.7 Å². The standard InChI is InChI=1S/C17H22FNO4/c1-12(10-13-4-2-3-5-14(13)18)15(20)19-11-17(16(21)22)6-8-23-9-7-17/h2-5,12H,6-11H2,1H3,(H,19,20)(H,21,22). The van der Waals surface area contributed by atoms with Crippen molar-refractivity contribution in [2.45, 2.75) is 26.2 Å². The SMILES string of the molecule is CC(Cc1ccccc1F)C(=O)NCC1(C(=O)O)CCOCC1. The number of aliphatic carboxylic acids is 1. The van der Waals surface area contributed by atoms with Crippen molar-refractivity contribution in [3.8, 4) is 0 Å². The molecule has 23 heavy (non-hydrogen) atoms. The van der Waals surface area contributed by atoms with Gasteiger partial charge in [-0.3, -0.25) is 9.59 Å². The maximum absolute atomic E-state index is 13.6. The third kappa shape index (κ3) is 4.28. The quantitative estimate of drug-likeness (QED) is 0.839. The van der Waals surface area contributed by atoms with Gasteiger partial charge in [0.05, 0.1) is 5.41 Å². The summed E-state index contributed by atoms with van der Waals surface area (Å²) < 4.78 is 18.8. The number of hydrogen-bond acceptors (Lipinski definition) is 3. The maximum Gasteiger partial charge on any atom is 0.311 e. The molecule has 1 unspecified atom stereocenters. The van der Waals surface area contributed by atoms with Gasteiger partial charge < -0.3 is 15.2 Å². The fourth-order valence-corrected chi connectivity index (χ4v) is 2.75. The molecule has 1 aromatic carbocycles. The van der Waals surface area contributed by atoms with Crippen LogP contribution < -0.4 is 5.32 Å². The van der Waals surface area contributed by atoms with Gasteiger partial charge in [0.2, 0.25) is 5.91 Å². The number of carboxylic acids is 1. The van der Waals surface area contributed by atoms with Gasteiger partial charge in [-0.05, 0) is 30.9 Å². The van der Waals surface area contributed by atoms with Crippen molar-refractivity contribution in [3.63, 3.8) is 0 Å². The minimum Gasteiger partial charge on any atom is -0.481 e. The normalized spacial score (nSPS) is 18.2. The van der Waals surface area contributed by atoms with E-state index in [0.717, 1.165) is 0 Å². The summed E-state index contributed by atoms with van der Waals surface area (Å²) in [6.45, 7) is 2.55. The molecule has 0 bridgehead atoms. The Kier molecular flexibility index (Phi) is 5.71. The molecule has 0 aromatic heterocycles. The second kappa shape index (κ2) is 7.55. The molecule has 1 aromatic rings. The second-order valence-corrected chi connectivity index (χ2v) is 6.11. The Labute approximate surface area is 134 Å². The van der Waals surface area contributed by atoms with Gasteiger partial charge >= 0.3 is 5.97 Å². The molecular formula is C17H22FNO4. The Morgan fingerprint density at radius 2 is 2.00 bits per heavy atom. The lowest BCUT2D eigenvalue weighted by Crippen LogP contribution is -2.47. The Balaban J connectivity index is 1.93. The summed E-state index contributed by atoms with van der Waals surface area (Å²) in [5, 5.41) is 12.2. The topological polar surface area (TPSA) is 75.6 Å². The summed E-state index contributed by atoms with van der Waals surface area (Å²) in [4.78, 5) is 23.7. The van der Waals surface area contributed by atoms with Gasteiger partial charge in [0, 0.05) is 25.7 Å². The monoisotopic (exact) mass is 323 g/mol. The minimum absolute atomic E-state index is 0.0755. The van der Waals surface area contributed by atoms with Crippen molar-refractivity contribution < 1.29 is 23.8 Å². The average molecular weight is 323 g/mol. The zero-order valence-electron chi connectivity index (χ0n) is 13.2. The summed E-state index contributed by atoms with van der Waals surface area (Å²) in [6, 6.07) is 6.34. The van der Waals surface area contributed by atoms with Gasteiger partial charge in [0.25, 0.3) is 0 Å².